The van der Waals surface area contributed by atoms with Gasteiger partial charge >= 0.3 is 5.97 Å². The van der Waals surface area contributed by atoms with Crippen molar-refractivity contribution in [2.24, 2.45) is 23.5 Å². The molecule has 0 aromatic carbocycles. The second-order valence-corrected chi connectivity index (χ2v) is 4.25. The van der Waals surface area contributed by atoms with Gasteiger partial charge in [0.25, 0.3) is 0 Å². The highest BCUT2D eigenvalue weighted by atomic mass is 16.4. The zero-order chi connectivity index (χ0) is 8.72. The Morgan fingerprint density at radius 1 is 1.33 bits per heavy atom. The van der Waals surface area contributed by atoms with Crippen molar-refractivity contribution < 1.29 is 9.90 Å². The van der Waals surface area contributed by atoms with Gasteiger partial charge in [-0.15, -0.1) is 0 Å². The molecule has 2 fully saturated rings. The third kappa shape index (κ3) is 1.22. The van der Waals surface area contributed by atoms with Crippen LogP contribution in [0.4, 0.5) is 0 Å². The van der Waals surface area contributed by atoms with Crippen LogP contribution in [0.2, 0.25) is 0 Å². The molecule has 0 aromatic heterocycles. The Hall–Kier alpha value is -0.570. The summed E-state index contributed by atoms with van der Waals surface area (Å²) in [6.45, 7) is 0. The molecule has 2 saturated carbocycles. The molecule has 2 rings (SSSR count). The average molecular weight is 169 g/mol. The number of hydrogen-bond donors (Lipinski definition) is 2. The lowest BCUT2D eigenvalue weighted by Crippen LogP contribution is -2.30. The Labute approximate surface area is 71.9 Å². The van der Waals surface area contributed by atoms with E-state index in [1.54, 1.807) is 0 Å². The molecule has 68 valence electrons. The molecule has 0 aliphatic heterocycles. The number of nitrogens with two attached hydrogens (primary N) is 1. The molecule has 2 aliphatic rings. The van der Waals surface area contributed by atoms with E-state index in [1.807, 2.05) is 0 Å². The van der Waals surface area contributed by atoms with Gasteiger partial charge < -0.3 is 10.8 Å². The Morgan fingerprint density at radius 2 is 2.08 bits per heavy atom. The van der Waals surface area contributed by atoms with Crippen molar-refractivity contribution in [1.82, 2.24) is 0 Å². The van der Waals surface area contributed by atoms with Gasteiger partial charge in [-0.3, -0.25) is 4.79 Å². The van der Waals surface area contributed by atoms with Crippen LogP contribution in [-0.2, 0) is 4.79 Å². The lowest BCUT2D eigenvalue weighted by Gasteiger charge is -2.23. The summed E-state index contributed by atoms with van der Waals surface area (Å²) in [7, 11) is 0. The smallest absolute Gasteiger partial charge is 0.303 e. The predicted molar refractivity (Wildman–Crippen MR) is 44.5 cm³/mol. The Kier molecular flexibility index (Phi) is 1.83. The van der Waals surface area contributed by atoms with E-state index in [0.29, 0.717) is 30.2 Å². The number of aliphatic carboxylic acids is 1. The first-order chi connectivity index (χ1) is 5.66. The first kappa shape index (κ1) is 8.05. The molecule has 12 heavy (non-hydrogen) atoms. The molecule has 0 aromatic rings. The molecule has 4 atom stereocenters. The Bertz CT molecular complexity index is 203. The summed E-state index contributed by atoms with van der Waals surface area (Å²) >= 11 is 0. The third-order valence-electron chi connectivity index (χ3n) is 3.49. The van der Waals surface area contributed by atoms with Gasteiger partial charge in [0.1, 0.15) is 0 Å². The van der Waals surface area contributed by atoms with Crippen LogP contribution in [0, 0.1) is 17.8 Å². The van der Waals surface area contributed by atoms with Crippen LogP contribution in [-0.4, -0.2) is 17.1 Å². The fraction of sp³-hybridized carbons (Fsp3) is 0.889. The predicted octanol–water partition coefficient (Wildman–Crippen LogP) is 0.834. The van der Waals surface area contributed by atoms with E-state index in [1.165, 1.54) is 6.42 Å². The lowest BCUT2D eigenvalue weighted by atomic mass is 9.84. The molecule has 0 amide bonds. The highest BCUT2D eigenvalue weighted by Gasteiger charge is 2.44. The molecular formula is C9H15NO2. The first-order valence-electron chi connectivity index (χ1n) is 4.64. The van der Waals surface area contributed by atoms with Crippen LogP contribution in [0.25, 0.3) is 0 Å². The molecular weight excluding hydrogens is 154 g/mol. The number of carboxylic acid groups (broad SMARTS) is 1. The molecule has 3 nitrogen and oxygen atoms in total. The quantitative estimate of drug-likeness (QED) is 0.643. The topological polar surface area (TPSA) is 63.3 Å². The van der Waals surface area contributed by atoms with Crippen molar-refractivity contribution in [3.8, 4) is 0 Å². The zero-order valence-corrected chi connectivity index (χ0v) is 7.07. The Balaban J connectivity index is 1.94. The van der Waals surface area contributed by atoms with Gasteiger partial charge in [0, 0.05) is 12.5 Å². The highest BCUT2D eigenvalue weighted by molar-refractivity contribution is 5.67. The molecule has 3 heteroatoms. The van der Waals surface area contributed by atoms with Gasteiger partial charge in [0.2, 0.25) is 0 Å². The Morgan fingerprint density at radius 3 is 2.50 bits per heavy atom. The maximum atomic E-state index is 10.5. The number of carbonyl (C=O) groups is 1. The van der Waals surface area contributed by atoms with E-state index < -0.39 is 5.97 Å². The molecule has 0 spiro atoms. The van der Waals surface area contributed by atoms with Gasteiger partial charge in [0.05, 0.1) is 0 Å². The lowest BCUT2D eigenvalue weighted by molar-refractivity contribution is -0.138. The molecule has 0 saturated heterocycles. The molecule has 0 unspecified atom stereocenters. The fourth-order valence-electron chi connectivity index (χ4n) is 2.91. The van der Waals surface area contributed by atoms with Crippen molar-refractivity contribution in [1.29, 1.82) is 0 Å². The van der Waals surface area contributed by atoms with Crippen LogP contribution in [0.3, 0.4) is 0 Å². The van der Waals surface area contributed by atoms with E-state index in [-0.39, 0.29) is 0 Å². The van der Waals surface area contributed by atoms with E-state index in [4.69, 9.17) is 10.8 Å². The van der Waals surface area contributed by atoms with Crippen molar-refractivity contribution in [2.45, 2.75) is 31.7 Å². The minimum Gasteiger partial charge on any atom is -0.481 e. The first-order valence-corrected chi connectivity index (χ1v) is 4.64. The van der Waals surface area contributed by atoms with Crippen molar-refractivity contribution in [3.63, 3.8) is 0 Å². The number of fused-ring (bicyclic) bond motifs is 2. The van der Waals surface area contributed by atoms with E-state index in [2.05, 4.69) is 0 Å². The maximum Gasteiger partial charge on any atom is 0.303 e. The normalized spacial score (nSPS) is 45.1. The highest BCUT2D eigenvalue weighted by Crippen LogP contribution is 2.48. The minimum atomic E-state index is -0.652. The van der Waals surface area contributed by atoms with Crippen LogP contribution in [0.1, 0.15) is 25.7 Å². The summed E-state index contributed by atoms with van der Waals surface area (Å²) in [4.78, 5) is 10.5. The van der Waals surface area contributed by atoms with Gasteiger partial charge in [-0.2, -0.15) is 0 Å². The molecule has 0 heterocycles. The summed E-state index contributed by atoms with van der Waals surface area (Å²) in [5.41, 5.74) is 5.87. The third-order valence-corrected chi connectivity index (χ3v) is 3.49. The summed E-state index contributed by atoms with van der Waals surface area (Å²) in [5, 5.41) is 8.64. The molecule has 3 N–H and O–H groups in total. The maximum absolute atomic E-state index is 10.5. The van der Waals surface area contributed by atoms with Crippen molar-refractivity contribution >= 4 is 5.97 Å². The van der Waals surface area contributed by atoms with Gasteiger partial charge in [0.15, 0.2) is 0 Å². The second-order valence-electron chi connectivity index (χ2n) is 4.25. The van der Waals surface area contributed by atoms with E-state index in [9.17, 15) is 4.79 Å². The molecule has 0 radical (unpaired) electrons. The summed E-state index contributed by atoms with van der Waals surface area (Å²) < 4.78 is 0. The average Bonchev–Trinajstić information content (AvgIpc) is 2.44. The summed E-state index contributed by atoms with van der Waals surface area (Å²) in [5.74, 6) is 1.01. The fourth-order valence-corrected chi connectivity index (χ4v) is 2.91. The van der Waals surface area contributed by atoms with Crippen LogP contribution in [0.15, 0.2) is 0 Å². The number of carboxylic acids is 1. The van der Waals surface area contributed by atoms with Crippen LogP contribution < -0.4 is 5.73 Å². The second kappa shape index (κ2) is 2.73. The standard InChI is InChI=1S/C9H15NO2/c10-8-3-5-1-7(8)2-6(5)4-9(11)12/h5-8H,1-4,10H2,(H,11,12)/t5-,6-,7-,8+/m1/s1. The molecule has 2 bridgehead atoms. The number of rotatable bonds is 2. The van der Waals surface area contributed by atoms with Crippen LogP contribution >= 0.6 is 0 Å². The van der Waals surface area contributed by atoms with Gasteiger partial charge in [-0.1, -0.05) is 0 Å². The SMILES string of the molecule is N[C@H]1C[C@H]2C[C@@H]1C[C@@H]2CC(=O)O. The zero-order valence-electron chi connectivity index (χ0n) is 7.07. The van der Waals surface area contributed by atoms with E-state index >= 15 is 0 Å². The van der Waals surface area contributed by atoms with Crippen molar-refractivity contribution in [3.05, 3.63) is 0 Å². The molecule has 2 aliphatic carbocycles. The van der Waals surface area contributed by atoms with Crippen LogP contribution in [0.5, 0.6) is 0 Å². The van der Waals surface area contributed by atoms with E-state index in [0.717, 1.165) is 12.8 Å². The van der Waals surface area contributed by atoms with Gasteiger partial charge in [-0.05, 0) is 37.0 Å². The number of hydrogen-bond acceptors (Lipinski definition) is 2. The van der Waals surface area contributed by atoms with Gasteiger partial charge in [-0.25, -0.2) is 0 Å². The monoisotopic (exact) mass is 169 g/mol. The largest absolute Gasteiger partial charge is 0.481 e. The minimum absolute atomic E-state index is 0.355. The van der Waals surface area contributed by atoms with Crippen molar-refractivity contribution in [2.75, 3.05) is 0 Å². The summed E-state index contributed by atoms with van der Waals surface area (Å²) in [6, 6.07) is 0.361. The summed E-state index contributed by atoms with van der Waals surface area (Å²) in [6.07, 6.45) is 3.65.